The van der Waals surface area contributed by atoms with Crippen LogP contribution in [-0.4, -0.2) is 28.3 Å². The fraction of sp³-hybridized carbons (Fsp3) is 0.273. The van der Waals surface area contributed by atoms with Gasteiger partial charge in [0, 0.05) is 0 Å². The number of aliphatic carboxylic acids is 1. The molecule has 6 heteroatoms. The number of urea groups is 1. The van der Waals surface area contributed by atoms with Crippen molar-refractivity contribution in [3.63, 3.8) is 0 Å². The molecule has 28 heavy (non-hydrogen) atoms. The second-order valence-electron chi connectivity index (χ2n) is 7.26. The van der Waals surface area contributed by atoms with E-state index in [4.69, 9.17) is 0 Å². The fourth-order valence-electron chi connectivity index (χ4n) is 2.83. The minimum atomic E-state index is -1.49. The van der Waals surface area contributed by atoms with Crippen molar-refractivity contribution >= 4 is 17.6 Å². The Morgan fingerprint density at radius 2 is 1.71 bits per heavy atom. The summed E-state index contributed by atoms with van der Waals surface area (Å²) in [7, 11) is 0. The number of carboxylic acids is 1. The number of hydrogen-bond donors (Lipinski definition) is 4. The Morgan fingerprint density at radius 3 is 2.29 bits per heavy atom. The van der Waals surface area contributed by atoms with Gasteiger partial charge < -0.3 is 20.8 Å². The number of hydrogen-bond acceptors (Lipinski definition) is 3. The first kappa shape index (κ1) is 21.2. The molecule has 0 fully saturated rings. The highest BCUT2D eigenvalue weighted by atomic mass is 16.4. The number of carbonyl (C=O) groups excluding carboxylic acids is 1. The molecule has 2 aromatic carbocycles. The van der Waals surface area contributed by atoms with Crippen LogP contribution in [0.15, 0.2) is 61.2 Å². The van der Waals surface area contributed by atoms with E-state index in [2.05, 4.69) is 17.2 Å². The maximum Gasteiger partial charge on any atom is 0.329 e. The lowest BCUT2D eigenvalue weighted by Crippen LogP contribution is -2.53. The van der Waals surface area contributed by atoms with E-state index in [9.17, 15) is 19.8 Å². The second kappa shape index (κ2) is 8.71. The summed E-state index contributed by atoms with van der Waals surface area (Å²) < 4.78 is 0. The van der Waals surface area contributed by atoms with Gasteiger partial charge in [0.1, 0.15) is 6.10 Å². The number of amides is 2. The first-order valence-corrected chi connectivity index (χ1v) is 8.93. The van der Waals surface area contributed by atoms with Gasteiger partial charge in [0.25, 0.3) is 0 Å². The van der Waals surface area contributed by atoms with Crippen molar-refractivity contribution < 1.29 is 19.8 Å². The van der Waals surface area contributed by atoms with Crippen LogP contribution in [0.1, 0.15) is 43.6 Å². The van der Waals surface area contributed by atoms with Crippen molar-refractivity contribution in [2.75, 3.05) is 0 Å². The van der Waals surface area contributed by atoms with Crippen LogP contribution in [0.2, 0.25) is 0 Å². The summed E-state index contributed by atoms with van der Waals surface area (Å²) >= 11 is 0. The zero-order valence-corrected chi connectivity index (χ0v) is 16.3. The van der Waals surface area contributed by atoms with Crippen LogP contribution in [0.25, 0.3) is 5.57 Å². The third-order valence-corrected chi connectivity index (χ3v) is 4.51. The summed E-state index contributed by atoms with van der Waals surface area (Å²) in [5.41, 5.74) is 2.34. The molecule has 0 aliphatic carbocycles. The number of aliphatic hydroxyl groups is 1. The van der Waals surface area contributed by atoms with E-state index >= 15 is 0 Å². The number of carboxylic acid groups (broad SMARTS) is 1. The molecule has 2 atom stereocenters. The van der Waals surface area contributed by atoms with Gasteiger partial charge in [0.2, 0.25) is 0 Å². The summed E-state index contributed by atoms with van der Waals surface area (Å²) in [4.78, 5) is 24.1. The molecule has 0 saturated heterocycles. The van der Waals surface area contributed by atoms with Gasteiger partial charge >= 0.3 is 12.0 Å². The van der Waals surface area contributed by atoms with Crippen molar-refractivity contribution in [1.29, 1.82) is 0 Å². The van der Waals surface area contributed by atoms with Crippen LogP contribution in [0.3, 0.4) is 0 Å². The normalized spacial score (nSPS) is 13.3. The molecule has 4 N–H and O–H groups in total. The molecule has 0 aromatic heterocycles. The maximum atomic E-state index is 12.5. The zero-order valence-electron chi connectivity index (χ0n) is 16.3. The molecule has 6 nitrogen and oxygen atoms in total. The largest absolute Gasteiger partial charge is 0.480 e. The van der Waals surface area contributed by atoms with E-state index in [0.29, 0.717) is 5.56 Å². The molecule has 2 rings (SSSR count). The Hall–Kier alpha value is -3.12. The molecular formula is C22H26N2O4. The lowest BCUT2D eigenvalue weighted by Gasteiger charge is -2.29. The van der Waals surface area contributed by atoms with Crippen LogP contribution in [0.5, 0.6) is 0 Å². The Morgan fingerprint density at radius 1 is 1.07 bits per heavy atom. The standard InChI is InChI=1S/C22H26N2O4/c1-14(2)16-11-8-12-17(13-16)22(3,4)24-21(28)23-18(20(26)27)19(25)15-9-6-5-7-10-15/h5-13,18-19,25H,1H2,2-4H3,(H,26,27)(H2,23,24,28). The molecule has 0 heterocycles. The third kappa shape index (κ3) is 5.20. The predicted octanol–water partition coefficient (Wildman–Crippen LogP) is 3.44. The first-order valence-electron chi connectivity index (χ1n) is 8.93. The van der Waals surface area contributed by atoms with Gasteiger partial charge in [-0.15, -0.1) is 0 Å². The van der Waals surface area contributed by atoms with Crippen molar-refractivity contribution in [2.24, 2.45) is 0 Å². The van der Waals surface area contributed by atoms with Crippen LogP contribution in [0, 0.1) is 0 Å². The third-order valence-electron chi connectivity index (χ3n) is 4.51. The van der Waals surface area contributed by atoms with E-state index in [1.165, 1.54) is 0 Å². The van der Waals surface area contributed by atoms with Gasteiger partial charge in [-0.2, -0.15) is 0 Å². The highest BCUT2D eigenvalue weighted by Gasteiger charge is 2.31. The van der Waals surface area contributed by atoms with Crippen LogP contribution < -0.4 is 10.6 Å². The summed E-state index contributed by atoms with van der Waals surface area (Å²) in [6.07, 6.45) is -1.38. The summed E-state index contributed by atoms with van der Waals surface area (Å²) in [5.74, 6) is -1.33. The van der Waals surface area contributed by atoms with Gasteiger partial charge in [-0.3, -0.25) is 0 Å². The van der Waals surface area contributed by atoms with Crippen molar-refractivity contribution in [3.05, 3.63) is 77.9 Å². The molecule has 0 radical (unpaired) electrons. The molecule has 0 aliphatic rings. The maximum absolute atomic E-state index is 12.5. The van der Waals surface area contributed by atoms with Gasteiger partial charge in [-0.1, -0.05) is 60.7 Å². The molecule has 148 valence electrons. The van der Waals surface area contributed by atoms with Crippen LogP contribution >= 0.6 is 0 Å². The quantitative estimate of drug-likeness (QED) is 0.589. The number of nitrogens with one attached hydrogen (secondary N) is 2. The number of aliphatic hydroxyl groups excluding tert-OH is 1. The van der Waals surface area contributed by atoms with Gasteiger partial charge in [-0.05, 0) is 43.5 Å². The van der Waals surface area contributed by atoms with E-state index in [1.807, 2.05) is 45.0 Å². The first-order chi connectivity index (χ1) is 13.1. The van der Waals surface area contributed by atoms with Crippen LogP contribution in [-0.2, 0) is 10.3 Å². The Balaban J connectivity index is 2.14. The number of rotatable bonds is 7. The molecule has 0 aliphatic heterocycles. The number of carbonyl (C=O) groups is 2. The van der Waals surface area contributed by atoms with Gasteiger partial charge in [-0.25, -0.2) is 9.59 Å². The molecule has 2 aromatic rings. The lowest BCUT2D eigenvalue weighted by atomic mass is 9.92. The molecule has 2 unspecified atom stereocenters. The Labute approximate surface area is 164 Å². The Kier molecular flexibility index (Phi) is 6.59. The zero-order chi connectivity index (χ0) is 20.9. The fourth-order valence-corrected chi connectivity index (χ4v) is 2.83. The van der Waals surface area contributed by atoms with Crippen molar-refractivity contribution in [1.82, 2.24) is 10.6 Å². The smallest absolute Gasteiger partial charge is 0.329 e. The summed E-state index contributed by atoms with van der Waals surface area (Å²) in [5, 5.41) is 25.0. The average Bonchev–Trinajstić information content (AvgIpc) is 2.65. The predicted molar refractivity (Wildman–Crippen MR) is 109 cm³/mol. The van der Waals surface area contributed by atoms with Crippen molar-refractivity contribution in [2.45, 2.75) is 38.5 Å². The number of benzene rings is 2. The lowest BCUT2D eigenvalue weighted by molar-refractivity contribution is -0.142. The number of allylic oxidation sites excluding steroid dienone is 1. The minimum Gasteiger partial charge on any atom is -0.480 e. The summed E-state index contributed by atoms with van der Waals surface area (Å²) in [6.45, 7) is 9.45. The van der Waals surface area contributed by atoms with E-state index in [0.717, 1.165) is 16.7 Å². The van der Waals surface area contributed by atoms with Crippen LogP contribution in [0.4, 0.5) is 4.79 Å². The molecule has 0 spiro atoms. The highest BCUT2D eigenvalue weighted by molar-refractivity contribution is 5.83. The molecular weight excluding hydrogens is 356 g/mol. The average molecular weight is 382 g/mol. The van der Waals surface area contributed by atoms with E-state index < -0.39 is 29.7 Å². The van der Waals surface area contributed by atoms with E-state index in [1.54, 1.807) is 30.3 Å². The highest BCUT2D eigenvalue weighted by Crippen LogP contribution is 2.24. The SMILES string of the molecule is C=C(C)c1cccc(C(C)(C)NC(=O)NC(C(=O)O)C(O)c2ccccc2)c1. The molecule has 0 bridgehead atoms. The molecule has 2 amide bonds. The second-order valence-corrected chi connectivity index (χ2v) is 7.26. The van der Waals surface area contributed by atoms with Crippen molar-refractivity contribution in [3.8, 4) is 0 Å². The summed E-state index contributed by atoms with van der Waals surface area (Å²) in [6, 6.07) is 13.8. The van der Waals surface area contributed by atoms with Gasteiger partial charge in [0.05, 0.1) is 5.54 Å². The minimum absolute atomic E-state index is 0.406. The van der Waals surface area contributed by atoms with Gasteiger partial charge in [0.15, 0.2) is 6.04 Å². The van der Waals surface area contributed by atoms with E-state index in [-0.39, 0.29) is 0 Å². The monoisotopic (exact) mass is 382 g/mol. The Bertz CT molecular complexity index is 862. The topological polar surface area (TPSA) is 98.7 Å². The molecule has 0 saturated carbocycles.